The number of amides is 2. The second kappa shape index (κ2) is 7.65. The first-order valence-corrected chi connectivity index (χ1v) is 5.66. The van der Waals surface area contributed by atoms with Gasteiger partial charge in [0.1, 0.15) is 0 Å². The molecular formula is C13H22N2O2. The molecule has 2 amide bonds. The normalized spacial score (nSPS) is 10.5. The lowest BCUT2D eigenvalue weighted by Crippen LogP contribution is -2.44. The zero-order chi connectivity index (χ0) is 13.3. The first-order chi connectivity index (χ1) is 7.95. The van der Waals surface area contributed by atoms with E-state index in [9.17, 15) is 9.59 Å². The van der Waals surface area contributed by atoms with E-state index in [-0.39, 0.29) is 17.2 Å². The lowest BCUT2D eigenvalue weighted by molar-refractivity contribution is -0.119. The SMILES string of the molecule is C=CCC(CC=C)(CNC(C)=O)CNC(C)=O. The van der Waals surface area contributed by atoms with Gasteiger partial charge in [-0.1, -0.05) is 12.2 Å². The van der Waals surface area contributed by atoms with Crippen molar-refractivity contribution in [3.63, 3.8) is 0 Å². The van der Waals surface area contributed by atoms with E-state index in [0.29, 0.717) is 25.9 Å². The number of allylic oxidation sites excluding steroid dienone is 2. The topological polar surface area (TPSA) is 58.2 Å². The van der Waals surface area contributed by atoms with Crippen LogP contribution in [0.3, 0.4) is 0 Å². The van der Waals surface area contributed by atoms with Gasteiger partial charge in [-0.25, -0.2) is 0 Å². The fourth-order valence-electron chi connectivity index (χ4n) is 1.67. The largest absolute Gasteiger partial charge is 0.356 e. The lowest BCUT2D eigenvalue weighted by atomic mass is 9.80. The fourth-order valence-corrected chi connectivity index (χ4v) is 1.67. The first-order valence-electron chi connectivity index (χ1n) is 5.66. The molecule has 0 aromatic rings. The molecule has 0 heterocycles. The minimum atomic E-state index is -0.235. The van der Waals surface area contributed by atoms with Gasteiger partial charge in [0, 0.05) is 32.4 Å². The number of hydrogen-bond donors (Lipinski definition) is 2. The monoisotopic (exact) mass is 238 g/mol. The van der Waals surface area contributed by atoms with Crippen molar-refractivity contribution in [2.24, 2.45) is 5.41 Å². The van der Waals surface area contributed by atoms with Crippen LogP contribution in [-0.4, -0.2) is 24.9 Å². The summed E-state index contributed by atoms with van der Waals surface area (Å²) in [7, 11) is 0. The van der Waals surface area contributed by atoms with E-state index in [4.69, 9.17) is 0 Å². The van der Waals surface area contributed by atoms with Crippen LogP contribution < -0.4 is 10.6 Å². The summed E-state index contributed by atoms with van der Waals surface area (Å²) in [6.07, 6.45) is 5.01. The minimum absolute atomic E-state index is 0.0784. The number of hydrogen-bond acceptors (Lipinski definition) is 2. The highest BCUT2D eigenvalue weighted by Gasteiger charge is 2.28. The summed E-state index contributed by atoms with van der Waals surface area (Å²) >= 11 is 0. The summed E-state index contributed by atoms with van der Waals surface area (Å²) in [4.78, 5) is 22.0. The van der Waals surface area contributed by atoms with E-state index in [1.807, 2.05) is 0 Å². The van der Waals surface area contributed by atoms with E-state index in [0.717, 1.165) is 0 Å². The predicted octanol–water partition coefficient (Wildman–Crippen LogP) is 1.40. The molecule has 0 spiro atoms. The Morgan fingerprint density at radius 2 is 1.35 bits per heavy atom. The van der Waals surface area contributed by atoms with Crippen molar-refractivity contribution < 1.29 is 9.59 Å². The molecule has 0 aromatic heterocycles. The van der Waals surface area contributed by atoms with E-state index in [2.05, 4.69) is 23.8 Å². The Labute approximate surface area is 103 Å². The molecule has 0 aliphatic heterocycles. The second-order valence-corrected chi connectivity index (χ2v) is 4.31. The van der Waals surface area contributed by atoms with Crippen LogP contribution >= 0.6 is 0 Å². The molecule has 0 unspecified atom stereocenters. The fraction of sp³-hybridized carbons (Fsp3) is 0.538. The Bertz CT molecular complexity index is 268. The lowest BCUT2D eigenvalue weighted by Gasteiger charge is -2.32. The zero-order valence-corrected chi connectivity index (χ0v) is 10.7. The zero-order valence-electron chi connectivity index (χ0n) is 10.7. The maximum Gasteiger partial charge on any atom is 0.216 e. The smallest absolute Gasteiger partial charge is 0.216 e. The molecule has 0 fully saturated rings. The Kier molecular flexibility index (Phi) is 6.94. The quantitative estimate of drug-likeness (QED) is 0.628. The molecule has 0 rings (SSSR count). The molecular weight excluding hydrogens is 216 g/mol. The highest BCUT2D eigenvalue weighted by molar-refractivity contribution is 5.73. The summed E-state index contributed by atoms with van der Waals surface area (Å²) in [6.45, 7) is 11.4. The van der Waals surface area contributed by atoms with Crippen LogP contribution in [0.4, 0.5) is 0 Å². The maximum atomic E-state index is 11.0. The standard InChI is InChI=1S/C13H22N2O2/c1-5-7-13(8-6-2,9-14-11(3)16)10-15-12(4)17/h5-6H,1-2,7-10H2,3-4H3,(H,14,16)(H,15,17). The van der Waals surface area contributed by atoms with Gasteiger partial charge in [0.2, 0.25) is 11.8 Å². The number of carbonyl (C=O) groups excluding carboxylic acids is 2. The van der Waals surface area contributed by atoms with Crippen LogP contribution in [0, 0.1) is 5.41 Å². The van der Waals surface area contributed by atoms with Crippen molar-refractivity contribution in [3.05, 3.63) is 25.3 Å². The van der Waals surface area contributed by atoms with Gasteiger partial charge in [0.05, 0.1) is 0 Å². The minimum Gasteiger partial charge on any atom is -0.356 e. The van der Waals surface area contributed by atoms with Crippen LogP contribution in [0.2, 0.25) is 0 Å². The van der Waals surface area contributed by atoms with Gasteiger partial charge in [-0.15, -0.1) is 13.2 Å². The highest BCUT2D eigenvalue weighted by atomic mass is 16.2. The molecule has 4 nitrogen and oxygen atoms in total. The summed E-state index contributed by atoms with van der Waals surface area (Å²) in [6, 6.07) is 0. The van der Waals surface area contributed by atoms with Crippen LogP contribution in [0.1, 0.15) is 26.7 Å². The number of rotatable bonds is 8. The summed E-state index contributed by atoms with van der Waals surface area (Å²) in [5.74, 6) is -0.157. The van der Waals surface area contributed by atoms with E-state index in [1.165, 1.54) is 13.8 Å². The van der Waals surface area contributed by atoms with Crippen LogP contribution in [0.5, 0.6) is 0 Å². The van der Waals surface area contributed by atoms with E-state index < -0.39 is 0 Å². The predicted molar refractivity (Wildman–Crippen MR) is 69.4 cm³/mol. The first kappa shape index (κ1) is 15.4. The highest BCUT2D eigenvalue weighted by Crippen LogP contribution is 2.26. The Hall–Kier alpha value is -1.58. The summed E-state index contributed by atoms with van der Waals surface area (Å²) < 4.78 is 0. The van der Waals surface area contributed by atoms with Gasteiger partial charge >= 0.3 is 0 Å². The Morgan fingerprint density at radius 1 is 1.00 bits per heavy atom. The molecule has 0 atom stereocenters. The van der Waals surface area contributed by atoms with Gasteiger partial charge in [-0.05, 0) is 12.8 Å². The second-order valence-electron chi connectivity index (χ2n) is 4.31. The molecule has 2 N–H and O–H groups in total. The molecule has 0 saturated carbocycles. The van der Waals surface area contributed by atoms with Gasteiger partial charge in [0.15, 0.2) is 0 Å². The van der Waals surface area contributed by atoms with Crippen LogP contribution in [0.15, 0.2) is 25.3 Å². The van der Waals surface area contributed by atoms with Crippen molar-refractivity contribution in [2.45, 2.75) is 26.7 Å². The van der Waals surface area contributed by atoms with Crippen molar-refractivity contribution >= 4 is 11.8 Å². The van der Waals surface area contributed by atoms with E-state index in [1.54, 1.807) is 12.2 Å². The Morgan fingerprint density at radius 3 is 1.59 bits per heavy atom. The van der Waals surface area contributed by atoms with Crippen molar-refractivity contribution in [3.8, 4) is 0 Å². The average Bonchev–Trinajstić information content (AvgIpc) is 2.24. The van der Waals surface area contributed by atoms with Gasteiger partial charge in [-0.3, -0.25) is 9.59 Å². The van der Waals surface area contributed by atoms with Crippen LogP contribution in [-0.2, 0) is 9.59 Å². The molecule has 0 saturated heterocycles. The molecule has 96 valence electrons. The molecule has 0 aromatic carbocycles. The molecule has 0 aliphatic carbocycles. The molecule has 0 aliphatic rings. The summed E-state index contributed by atoms with van der Waals surface area (Å²) in [5, 5.41) is 5.59. The third-order valence-electron chi connectivity index (χ3n) is 2.58. The average molecular weight is 238 g/mol. The van der Waals surface area contributed by atoms with Gasteiger partial charge in [-0.2, -0.15) is 0 Å². The maximum absolute atomic E-state index is 11.0. The molecule has 0 bridgehead atoms. The van der Waals surface area contributed by atoms with Crippen molar-refractivity contribution in [1.29, 1.82) is 0 Å². The van der Waals surface area contributed by atoms with Crippen molar-refractivity contribution in [2.75, 3.05) is 13.1 Å². The number of nitrogens with one attached hydrogen (secondary N) is 2. The van der Waals surface area contributed by atoms with Crippen molar-refractivity contribution in [1.82, 2.24) is 10.6 Å². The molecule has 0 radical (unpaired) electrons. The third kappa shape index (κ3) is 6.56. The third-order valence-corrected chi connectivity index (χ3v) is 2.58. The number of carbonyl (C=O) groups is 2. The molecule has 17 heavy (non-hydrogen) atoms. The summed E-state index contributed by atoms with van der Waals surface area (Å²) in [5.41, 5.74) is -0.235. The van der Waals surface area contributed by atoms with Gasteiger partial charge < -0.3 is 10.6 Å². The Balaban J connectivity index is 4.68. The van der Waals surface area contributed by atoms with E-state index >= 15 is 0 Å². The van der Waals surface area contributed by atoms with Gasteiger partial charge in [0.25, 0.3) is 0 Å². The van der Waals surface area contributed by atoms with Crippen LogP contribution in [0.25, 0.3) is 0 Å². The molecule has 4 heteroatoms.